The fourth-order valence-electron chi connectivity index (χ4n) is 2.82. The number of nitrogens with one attached hydrogen (secondary N) is 3. The first kappa shape index (κ1) is 22.4. The van der Waals surface area contributed by atoms with E-state index >= 15 is 0 Å². The van der Waals surface area contributed by atoms with Crippen LogP contribution in [0.1, 0.15) is 47.7 Å². The largest absolute Gasteiger partial charge is 0.494 e. The van der Waals surface area contributed by atoms with E-state index in [1.54, 1.807) is 24.3 Å². The number of hydrogen-bond donors (Lipinski definition) is 3. The second-order valence-electron chi connectivity index (χ2n) is 6.79. The van der Waals surface area contributed by atoms with E-state index in [2.05, 4.69) is 16.0 Å². The molecule has 0 fully saturated rings. The van der Waals surface area contributed by atoms with E-state index in [-0.39, 0.29) is 16.9 Å². The fourth-order valence-corrected chi connectivity index (χ4v) is 3.03. The van der Waals surface area contributed by atoms with Crippen LogP contribution in [0.2, 0.25) is 0 Å². The number of rotatable bonds is 7. The van der Waals surface area contributed by atoms with Gasteiger partial charge in [-0.3, -0.25) is 14.9 Å². The summed E-state index contributed by atoms with van der Waals surface area (Å²) in [5.41, 5.74) is 3.77. The highest BCUT2D eigenvalue weighted by Gasteiger charge is 2.12. The molecule has 2 rings (SSSR count). The summed E-state index contributed by atoms with van der Waals surface area (Å²) in [6.45, 7) is 5.90. The second-order valence-corrected chi connectivity index (χ2v) is 7.20. The number of thiocarbonyl (C=S) groups is 1. The molecular weight excluding hydrogens is 386 g/mol. The van der Waals surface area contributed by atoms with Crippen LogP contribution in [0, 0.1) is 13.8 Å². The van der Waals surface area contributed by atoms with Gasteiger partial charge in [-0.25, -0.2) is 0 Å². The van der Waals surface area contributed by atoms with E-state index in [4.69, 9.17) is 17.0 Å². The van der Waals surface area contributed by atoms with Crippen molar-refractivity contribution in [1.82, 2.24) is 5.32 Å². The van der Waals surface area contributed by atoms with E-state index in [0.717, 1.165) is 24.0 Å². The van der Waals surface area contributed by atoms with Crippen LogP contribution in [0.4, 0.5) is 11.4 Å². The molecule has 0 heterocycles. The van der Waals surface area contributed by atoms with Crippen LogP contribution in [-0.2, 0) is 4.79 Å². The van der Waals surface area contributed by atoms with Crippen molar-refractivity contribution in [3.63, 3.8) is 0 Å². The predicted molar refractivity (Wildman–Crippen MR) is 121 cm³/mol. The maximum Gasteiger partial charge on any atom is 0.257 e. The van der Waals surface area contributed by atoms with Crippen molar-refractivity contribution in [2.24, 2.45) is 0 Å². The SMILES string of the molecule is CCCCC(=O)Nc1ccc(NC(=S)NC(=O)c2ccc(C)cc2C)cc1OC. The second kappa shape index (κ2) is 10.6. The Balaban J connectivity index is 2.02. The first-order valence-corrected chi connectivity index (χ1v) is 9.92. The highest BCUT2D eigenvalue weighted by atomic mass is 32.1. The van der Waals surface area contributed by atoms with Crippen LogP contribution >= 0.6 is 12.2 Å². The van der Waals surface area contributed by atoms with Crippen molar-refractivity contribution in [2.75, 3.05) is 17.7 Å². The molecule has 0 saturated heterocycles. The number of carbonyl (C=O) groups excluding carboxylic acids is 2. The number of methoxy groups -OCH3 is 1. The van der Waals surface area contributed by atoms with Crippen LogP contribution in [0.15, 0.2) is 36.4 Å². The zero-order valence-corrected chi connectivity index (χ0v) is 18.0. The first-order chi connectivity index (χ1) is 13.8. The summed E-state index contributed by atoms with van der Waals surface area (Å²) in [5, 5.41) is 8.68. The minimum atomic E-state index is -0.272. The molecule has 0 aliphatic heterocycles. The van der Waals surface area contributed by atoms with Crippen LogP contribution < -0.4 is 20.7 Å². The number of anilines is 2. The van der Waals surface area contributed by atoms with Gasteiger partial charge in [-0.1, -0.05) is 31.0 Å². The quantitative estimate of drug-likeness (QED) is 0.580. The number of amides is 2. The Labute approximate surface area is 177 Å². The average Bonchev–Trinajstić information content (AvgIpc) is 2.67. The summed E-state index contributed by atoms with van der Waals surface area (Å²) in [7, 11) is 1.53. The van der Waals surface area contributed by atoms with Crippen molar-refractivity contribution in [3.8, 4) is 5.75 Å². The Kier molecular flexibility index (Phi) is 8.15. The van der Waals surface area contributed by atoms with E-state index < -0.39 is 0 Å². The number of ether oxygens (including phenoxy) is 1. The predicted octanol–water partition coefficient (Wildman–Crippen LogP) is 4.57. The molecule has 0 spiro atoms. The Morgan fingerprint density at radius 3 is 2.48 bits per heavy atom. The number of carbonyl (C=O) groups is 2. The van der Waals surface area contributed by atoms with Crippen molar-refractivity contribution in [2.45, 2.75) is 40.0 Å². The molecule has 154 valence electrons. The van der Waals surface area contributed by atoms with Gasteiger partial charge in [0.05, 0.1) is 12.8 Å². The Hall–Kier alpha value is -2.93. The molecule has 2 aromatic rings. The maximum absolute atomic E-state index is 12.5. The molecule has 0 saturated carbocycles. The lowest BCUT2D eigenvalue weighted by atomic mass is 10.1. The van der Waals surface area contributed by atoms with Crippen molar-refractivity contribution in [3.05, 3.63) is 53.1 Å². The lowest BCUT2D eigenvalue weighted by molar-refractivity contribution is -0.116. The Morgan fingerprint density at radius 2 is 1.83 bits per heavy atom. The van der Waals surface area contributed by atoms with Gasteiger partial charge in [0.2, 0.25) is 5.91 Å². The van der Waals surface area contributed by atoms with Crippen LogP contribution in [0.5, 0.6) is 5.75 Å². The maximum atomic E-state index is 12.5. The number of benzene rings is 2. The van der Waals surface area contributed by atoms with Crippen molar-refractivity contribution < 1.29 is 14.3 Å². The lowest BCUT2D eigenvalue weighted by Crippen LogP contribution is -2.34. The van der Waals surface area contributed by atoms with Gasteiger partial charge in [0.1, 0.15) is 5.75 Å². The Bertz CT molecular complexity index is 912. The van der Waals surface area contributed by atoms with E-state index in [0.29, 0.717) is 29.1 Å². The minimum Gasteiger partial charge on any atom is -0.494 e. The van der Waals surface area contributed by atoms with Gasteiger partial charge >= 0.3 is 0 Å². The summed E-state index contributed by atoms with van der Waals surface area (Å²) < 4.78 is 5.36. The molecule has 0 atom stereocenters. The summed E-state index contributed by atoms with van der Waals surface area (Å²) in [4.78, 5) is 24.4. The molecule has 0 aliphatic rings. The topological polar surface area (TPSA) is 79.5 Å². The smallest absolute Gasteiger partial charge is 0.257 e. The normalized spacial score (nSPS) is 10.2. The zero-order valence-electron chi connectivity index (χ0n) is 17.2. The van der Waals surface area contributed by atoms with Gasteiger partial charge in [0.25, 0.3) is 5.91 Å². The van der Waals surface area contributed by atoms with Crippen LogP contribution in [0.25, 0.3) is 0 Å². The molecule has 0 aromatic heterocycles. The minimum absolute atomic E-state index is 0.0536. The standard InChI is InChI=1S/C22H27N3O3S/c1-5-6-7-20(26)24-18-11-9-16(13-19(18)28-4)23-22(29)25-21(27)17-10-8-14(2)12-15(17)3/h8-13H,5-7H2,1-4H3,(H,24,26)(H2,23,25,27,29). The van der Waals surface area contributed by atoms with Crippen LogP contribution in [-0.4, -0.2) is 24.0 Å². The third-order valence-corrected chi connectivity index (χ3v) is 4.55. The molecule has 6 nitrogen and oxygen atoms in total. The molecule has 2 aromatic carbocycles. The monoisotopic (exact) mass is 413 g/mol. The third kappa shape index (κ3) is 6.57. The summed E-state index contributed by atoms with van der Waals surface area (Å²) in [6.07, 6.45) is 2.26. The van der Waals surface area contributed by atoms with Gasteiger partial charge in [-0.15, -0.1) is 0 Å². The van der Waals surface area contributed by atoms with Gasteiger partial charge in [-0.2, -0.15) is 0 Å². The summed E-state index contributed by atoms with van der Waals surface area (Å²) in [5.74, 6) is 0.178. The molecule has 0 aliphatic carbocycles. The van der Waals surface area contributed by atoms with Crippen LogP contribution in [0.3, 0.4) is 0 Å². The lowest BCUT2D eigenvalue weighted by Gasteiger charge is -2.14. The van der Waals surface area contributed by atoms with Gasteiger partial charge in [0, 0.05) is 23.7 Å². The molecule has 7 heteroatoms. The molecular formula is C22H27N3O3S. The highest BCUT2D eigenvalue weighted by molar-refractivity contribution is 7.80. The summed E-state index contributed by atoms with van der Waals surface area (Å²) in [6, 6.07) is 10.8. The number of unbranched alkanes of at least 4 members (excludes halogenated alkanes) is 1. The average molecular weight is 414 g/mol. The number of hydrogen-bond acceptors (Lipinski definition) is 4. The molecule has 0 radical (unpaired) electrons. The van der Waals surface area contributed by atoms with E-state index in [1.165, 1.54) is 7.11 Å². The highest BCUT2D eigenvalue weighted by Crippen LogP contribution is 2.28. The zero-order chi connectivity index (χ0) is 21.4. The van der Waals surface area contributed by atoms with Gasteiger partial charge in [0.15, 0.2) is 5.11 Å². The van der Waals surface area contributed by atoms with E-state index in [1.807, 2.05) is 32.9 Å². The molecule has 29 heavy (non-hydrogen) atoms. The van der Waals surface area contributed by atoms with Gasteiger partial charge < -0.3 is 15.4 Å². The van der Waals surface area contributed by atoms with E-state index in [9.17, 15) is 9.59 Å². The Morgan fingerprint density at radius 1 is 1.07 bits per heavy atom. The molecule has 0 bridgehead atoms. The number of aryl methyl sites for hydroxylation is 2. The third-order valence-electron chi connectivity index (χ3n) is 4.34. The molecule has 0 unspecified atom stereocenters. The molecule has 3 N–H and O–H groups in total. The summed E-state index contributed by atoms with van der Waals surface area (Å²) >= 11 is 5.26. The van der Waals surface area contributed by atoms with Crippen molar-refractivity contribution in [1.29, 1.82) is 0 Å². The van der Waals surface area contributed by atoms with Crippen molar-refractivity contribution >= 4 is 40.5 Å². The van der Waals surface area contributed by atoms with Gasteiger partial charge in [-0.05, 0) is 56.2 Å². The first-order valence-electron chi connectivity index (χ1n) is 9.51. The fraction of sp³-hybridized carbons (Fsp3) is 0.318. The molecule has 2 amide bonds.